The van der Waals surface area contributed by atoms with Crippen LogP contribution < -0.4 is 22.4 Å². The van der Waals surface area contributed by atoms with Crippen LogP contribution in [-0.4, -0.2) is 19.7 Å². The average Bonchev–Trinajstić information content (AvgIpc) is 1.85. The number of nitrogens with one attached hydrogen (secondary N) is 2. The molecule has 0 spiro atoms. The molecule has 0 rings (SSSR count). The highest BCUT2D eigenvalue weighted by molar-refractivity contribution is 6.18. The second-order valence-corrected chi connectivity index (χ2v) is 1.34. The first-order valence-corrected chi connectivity index (χ1v) is 2.47. The van der Waals surface area contributed by atoms with Gasteiger partial charge in [-0.25, -0.2) is 20.5 Å². The van der Waals surface area contributed by atoms with E-state index in [4.69, 9.17) is 0 Å². The van der Waals surface area contributed by atoms with E-state index in [0.29, 0.717) is 0 Å². The van der Waals surface area contributed by atoms with E-state index >= 15 is 0 Å². The molecule has 8 nitrogen and oxygen atoms in total. The molecule has 0 heterocycles. The topological polar surface area (TPSA) is 129 Å². The molecule has 0 aromatic carbocycles. The summed E-state index contributed by atoms with van der Waals surface area (Å²) in [4.78, 5) is 19.8. The largest absolute Gasteiger partial charge is 0.487 e. The van der Waals surface area contributed by atoms with Gasteiger partial charge in [0.2, 0.25) is 0 Å². The van der Waals surface area contributed by atoms with Crippen LogP contribution in [0.5, 0.6) is 0 Å². The normalized spacial score (nSPS) is 8.36. The third kappa shape index (κ3) is 8.52. The summed E-state index contributed by atoms with van der Waals surface area (Å²) in [5.74, 6) is 0. The van der Waals surface area contributed by atoms with Crippen LogP contribution in [0.3, 0.4) is 0 Å². The van der Waals surface area contributed by atoms with Gasteiger partial charge in [-0.1, -0.05) is 0 Å². The number of carbonyl (C=O) groups excluding carboxylic acids is 2. The molecule has 0 aliphatic heterocycles. The van der Waals surface area contributed by atoms with Crippen molar-refractivity contribution in [3.8, 4) is 0 Å². The number of primary amides is 2. The zero-order chi connectivity index (χ0) is 8.69. The van der Waals surface area contributed by atoms with Crippen LogP contribution in [0, 0.1) is 0 Å². The first kappa shape index (κ1) is 9.52. The number of amides is 4. The maximum atomic E-state index is 9.91. The van der Waals surface area contributed by atoms with Gasteiger partial charge in [0.1, 0.15) is 0 Å². The molecule has 0 unspecified atom stereocenters. The summed E-state index contributed by atoms with van der Waals surface area (Å²) < 4.78 is 8.46. The first-order valence-electron chi connectivity index (χ1n) is 2.47. The van der Waals surface area contributed by atoms with Gasteiger partial charge in [-0.15, -0.1) is 0 Å². The number of hydrogen-bond donors (Lipinski definition) is 4. The van der Waals surface area contributed by atoms with Crippen molar-refractivity contribution in [1.29, 1.82) is 0 Å². The third-order valence-corrected chi connectivity index (χ3v) is 0.463. The fourth-order valence-corrected chi connectivity index (χ4v) is 0.231. The Kier molecular flexibility index (Phi) is 4.61. The Balaban J connectivity index is 3.03. The molecule has 0 radical (unpaired) electrons. The zero-order valence-electron chi connectivity index (χ0n) is 5.49. The van der Waals surface area contributed by atoms with Crippen molar-refractivity contribution < 1.29 is 19.1 Å². The highest BCUT2D eigenvalue weighted by Crippen LogP contribution is 1.64. The standard InChI is InChI=1S/C2H7BN4O4/c4-1(8)6-10-3-11-7-2(5)9/h3H,(H3,4,6,8)(H3,5,7,9). The van der Waals surface area contributed by atoms with Crippen LogP contribution >= 0.6 is 0 Å². The predicted octanol–water partition coefficient (Wildman–Crippen LogP) is -2.55. The number of urea groups is 2. The lowest BCUT2D eigenvalue weighted by molar-refractivity contribution is 0.125. The van der Waals surface area contributed by atoms with E-state index in [2.05, 4.69) is 21.0 Å². The quantitative estimate of drug-likeness (QED) is 0.206. The maximum Gasteiger partial charge on any atom is 0.487 e. The number of nitrogens with two attached hydrogens (primary N) is 2. The molecule has 9 heteroatoms. The summed E-state index contributed by atoms with van der Waals surface area (Å²) in [6.45, 7) is 0. The Labute approximate surface area is 62.4 Å². The summed E-state index contributed by atoms with van der Waals surface area (Å²) in [5, 5.41) is 0. The van der Waals surface area contributed by atoms with E-state index in [1.165, 1.54) is 0 Å². The van der Waals surface area contributed by atoms with Crippen molar-refractivity contribution in [3.63, 3.8) is 0 Å². The van der Waals surface area contributed by atoms with Crippen molar-refractivity contribution in [3.05, 3.63) is 0 Å². The van der Waals surface area contributed by atoms with Crippen molar-refractivity contribution in [2.75, 3.05) is 0 Å². The van der Waals surface area contributed by atoms with Crippen molar-refractivity contribution in [1.82, 2.24) is 11.0 Å². The maximum absolute atomic E-state index is 9.91. The number of rotatable bonds is 4. The second kappa shape index (κ2) is 5.32. The van der Waals surface area contributed by atoms with Crippen molar-refractivity contribution in [2.45, 2.75) is 0 Å². The molecule has 0 aliphatic carbocycles. The summed E-state index contributed by atoms with van der Waals surface area (Å²) in [5.41, 5.74) is 12.7. The molecule has 0 fully saturated rings. The number of carbonyl (C=O) groups is 2. The predicted molar refractivity (Wildman–Crippen MR) is 34.8 cm³/mol. The number of hydroxylamine groups is 2. The lowest BCUT2D eigenvalue weighted by Crippen LogP contribution is -2.36. The monoisotopic (exact) mass is 162 g/mol. The van der Waals surface area contributed by atoms with E-state index in [1.54, 1.807) is 11.0 Å². The van der Waals surface area contributed by atoms with E-state index in [0.717, 1.165) is 0 Å². The van der Waals surface area contributed by atoms with Gasteiger partial charge in [-0.2, -0.15) is 0 Å². The molecular formula is C2H7BN4O4. The molecule has 0 aliphatic rings. The molecule has 0 aromatic rings. The molecular weight excluding hydrogens is 155 g/mol. The van der Waals surface area contributed by atoms with E-state index in [1.807, 2.05) is 0 Å². The third-order valence-electron chi connectivity index (χ3n) is 0.463. The fourth-order valence-electron chi connectivity index (χ4n) is 0.231. The molecule has 4 amide bonds. The highest BCUT2D eigenvalue weighted by Gasteiger charge is 1.96. The minimum Gasteiger partial charge on any atom is -0.350 e. The van der Waals surface area contributed by atoms with Gasteiger partial charge < -0.3 is 11.5 Å². The number of hydrogen-bond acceptors (Lipinski definition) is 4. The van der Waals surface area contributed by atoms with Crippen molar-refractivity contribution in [2.24, 2.45) is 11.5 Å². The van der Waals surface area contributed by atoms with Crippen LogP contribution in [-0.2, 0) is 9.51 Å². The fraction of sp³-hybridized carbons (Fsp3) is 0. The van der Waals surface area contributed by atoms with E-state index < -0.39 is 12.1 Å². The van der Waals surface area contributed by atoms with Gasteiger partial charge in [0.15, 0.2) is 0 Å². The highest BCUT2D eigenvalue weighted by atomic mass is 16.7. The van der Waals surface area contributed by atoms with Gasteiger partial charge >= 0.3 is 19.7 Å². The average molecular weight is 162 g/mol. The lowest BCUT2D eigenvalue weighted by Gasteiger charge is -2.01. The SMILES string of the molecule is NC(=O)NOBONC(N)=O. The summed E-state index contributed by atoms with van der Waals surface area (Å²) >= 11 is 0. The van der Waals surface area contributed by atoms with Crippen LogP contribution in [0.25, 0.3) is 0 Å². The smallest absolute Gasteiger partial charge is 0.350 e. The Bertz CT molecular complexity index is 135. The van der Waals surface area contributed by atoms with Gasteiger partial charge in [0, 0.05) is 0 Å². The Morgan fingerprint density at radius 3 is 1.73 bits per heavy atom. The molecule has 11 heavy (non-hydrogen) atoms. The van der Waals surface area contributed by atoms with Crippen LogP contribution in [0.2, 0.25) is 0 Å². The van der Waals surface area contributed by atoms with E-state index in [-0.39, 0.29) is 7.69 Å². The van der Waals surface area contributed by atoms with Gasteiger partial charge in [-0.05, 0) is 0 Å². The summed E-state index contributed by atoms with van der Waals surface area (Å²) in [6.07, 6.45) is 0. The molecule has 0 saturated heterocycles. The van der Waals surface area contributed by atoms with E-state index in [9.17, 15) is 9.59 Å². The zero-order valence-corrected chi connectivity index (χ0v) is 5.49. The summed E-state index contributed by atoms with van der Waals surface area (Å²) in [7, 11) is -0.383. The van der Waals surface area contributed by atoms with Gasteiger partial charge in [0.05, 0.1) is 0 Å². The molecule has 62 valence electrons. The lowest BCUT2D eigenvalue weighted by atomic mass is 10.4. The Hall–Kier alpha value is -1.48. The van der Waals surface area contributed by atoms with Crippen molar-refractivity contribution >= 4 is 19.7 Å². The minimum absolute atomic E-state index is 0.383. The first-order chi connectivity index (χ1) is 5.13. The summed E-state index contributed by atoms with van der Waals surface area (Å²) in [6, 6.07) is -1.74. The van der Waals surface area contributed by atoms with Crippen LogP contribution in [0.4, 0.5) is 9.59 Å². The Morgan fingerprint density at radius 1 is 1.09 bits per heavy atom. The van der Waals surface area contributed by atoms with Gasteiger partial charge in [0.25, 0.3) is 0 Å². The van der Waals surface area contributed by atoms with Gasteiger partial charge in [-0.3, -0.25) is 9.51 Å². The molecule has 0 saturated carbocycles. The Morgan fingerprint density at radius 2 is 1.45 bits per heavy atom. The molecule has 0 atom stereocenters. The second-order valence-electron chi connectivity index (χ2n) is 1.34. The van der Waals surface area contributed by atoms with Crippen LogP contribution in [0.1, 0.15) is 0 Å². The molecule has 0 aromatic heterocycles. The van der Waals surface area contributed by atoms with Crippen LogP contribution in [0.15, 0.2) is 0 Å². The molecule has 0 bridgehead atoms. The minimum atomic E-state index is -0.868. The molecule has 6 N–H and O–H groups in total.